The van der Waals surface area contributed by atoms with Crippen molar-refractivity contribution in [1.82, 2.24) is 19.6 Å². The summed E-state index contributed by atoms with van der Waals surface area (Å²) in [4.78, 5) is 16.8. The molecule has 0 spiro atoms. The second-order valence-corrected chi connectivity index (χ2v) is 7.62. The first-order valence-corrected chi connectivity index (χ1v) is 9.72. The minimum absolute atomic E-state index is 0.0329. The fourth-order valence-electron chi connectivity index (χ4n) is 2.87. The van der Waals surface area contributed by atoms with Gasteiger partial charge in [0, 0.05) is 61.1 Å². The lowest BCUT2D eigenvalue weighted by molar-refractivity contribution is 0.0621. The zero-order chi connectivity index (χ0) is 18.0. The highest BCUT2D eigenvalue weighted by Gasteiger charge is 2.26. The maximum Gasteiger partial charge on any atom is 0.275 e. The SMILES string of the molecule is CCn1cc(Br)c(C(=O)N2CCN(Cc3c(Cl)cccc3Cl)CC2)n1. The highest BCUT2D eigenvalue weighted by molar-refractivity contribution is 9.10. The number of hydrogen-bond donors (Lipinski definition) is 0. The van der Waals surface area contributed by atoms with Crippen molar-refractivity contribution in [1.29, 1.82) is 0 Å². The molecule has 1 aromatic heterocycles. The quantitative estimate of drug-likeness (QED) is 0.715. The van der Waals surface area contributed by atoms with Crippen LogP contribution < -0.4 is 0 Å². The van der Waals surface area contributed by atoms with Crippen LogP contribution in [0.4, 0.5) is 0 Å². The number of halogens is 3. The van der Waals surface area contributed by atoms with Crippen molar-refractivity contribution in [3.63, 3.8) is 0 Å². The summed E-state index contributed by atoms with van der Waals surface area (Å²) in [6, 6.07) is 5.55. The van der Waals surface area contributed by atoms with Crippen LogP contribution in [0.1, 0.15) is 23.0 Å². The number of amides is 1. The third-order valence-corrected chi connectivity index (χ3v) is 5.64. The summed E-state index contributed by atoms with van der Waals surface area (Å²) in [6.45, 7) is 6.29. The largest absolute Gasteiger partial charge is 0.335 e. The molecule has 0 saturated carbocycles. The van der Waals surface area contributed by atoms with Gasteiger partial charge in [0.15, 0.2) is 5.69 Å². The molecule has 0 aliphatic carbocycles. The van der Waals surface area contributed by atoms with Gasteiger partial charge >= 0.3 is 0 Å². The van der Waals surface area contributed by atoms with E-state index < -0.39 is 0 Å². The molecule has 0 atom stereocenters. The summed E-state index contributed by atoms with van der Waals surface area (Å²) in [5.74, 6) is -0.0329. The maximum absolute atomic E-state index is 12.7. The van der Waals surface area contributed by atoms with Gasteiger partial charge in [-0.15, -0.1) is 0 Å². The van der Waals surface area contributed by atoms with Gasteiger partial charge in [-0.1, -0.05) is 29.3 Å². The van der Waals surface area contributed by atoms with Crippen molar-refractivity contribution >= 4 is 45.0 Å². The summed E-state index contributed by atoms with van der Waals surface area (Å²) in [7, 11) is 0. The van der Waals surface area contributed by atoms with Crippen LogP contribution in [-0.2, 0) is 13.1 Å². The first-order valence-electron chi connectivity index (χ1n) is 8.17. The van der Waals surface area contributed by atoms with E-state index in [2.05, 4.69) is 25.9 Å². The molecule has 1 fully saturated rings. The van der Waals surface area contributed by atoms with Crippen molar-refractivity contribution in [2.75, 3.05) is 26.2 Å². The molecule has 0 radical (unpaired) electrons. The van der Waals surface area contributed by atoms with Gasteiger partial charge in [-0.3, -0.25) is 14.4 Å². The molecular formula is C17H19BrCl2N4O. The molecule has 134 valence electrons. The second kappa shape index (κ2) is 8.08. The van der Waals surface area contributed by atoms with Gasteiger partial charge in [-0.2, -0.15) is 5.10 Å². The summed E-state index contributed by atoms with van der Waals surface area (Å²) in [5.41, 5.74) is 1.42. The Morgan fingerprint density at radius 1 is 1.20 bits per heavy atom. The van der Waals surface area contributed by atoms with E-state index in [0.717, 1.165) is 29.7 Å². The van der Waals surface area contributed by atoms with Gasteiger partial charge in [-0.05, 0) is 35.0 Å². The van der Waals surface area contributed by atoms with E-state index in [4.69, 9.17) is 23.2 Å². The van der Waals surface area contributed by atoms with E-state index in [-0.39, 0.29) is 5.91 Å². The predicted molar refractivity (Wildman–Crippen MR) is 103 cm³/mol. The van der Waals surface area contributed by atoms with E-state index >= 15 is 0 Å². The summed E-state index contributed by atoms with van der Waals surface area (Å²) in [5, 5.41) is 5.70. The van der Waals surface area contributed by atoms with Crippen LogP contribution in [-0.4, -0.2) is 51.7 Å². The van der Waals surface area contributed by atoms with Gasteiger partial charge in [0.1, 0.15) is 0 Å². The number of benzene rings is 1. The number of aryl methyl sites for hydroxylation is 1. The van der Waals surface area contributed by atoms with Crippen molar-refractivity contribution < 1.29 is 4.79 Å². The van der Waals surface area contributed by atoms with Crippen molar-refractivity contribution in [3.05, 3.63) is 50.2 Å². The molecule has 1 amide bonds. The molecule has 0 bridgehead atoms. The lowest BCUT2D eigenvalue weighted by Gasteiger charge is -2.34. The third kappa shape index (κ3) is 4.19. The molecule has 5 nitrogen and oxygen atoms in total. The lowest BCUT2D eigenvalue weighted by Crippen LogP contribution is -2.48. The second-order valence-electron chi connectivity index (χ2n) is 5.95. The molecule has 2 aromatic rings. The minimum Gasteiger partial charge on any atom is -0.335 e. The number of carbonyl (C=O) groups is 1. The number of piperazine rings is 1. The van der Waals surface area contributed by atoms with Crippen molar-refractivity contribution in [2.24, 2.45) is 0 Å². The first kappa shape index (κ1) is 18.7. The number of hydrogen-bond acceptors (Lipinski definition) is 3. The maximum atomic E-state index is 12.7. The molecule has 25 heavy (non-hydrogen) atoms. The molecule has 0 unspecified atom stereocenters. The summed E-state index contributed by atoms with van der Waals surface area (Å²) in [6.07, 6.45) is 1.84. The van der Waals surface area contributed by atoms with Crippen molar-refractivity contribution in [2.45, 2.75) is 20.0 Å². The van der Waals surface area contributed by atoms with Crippen LogP contribution in [0.15, 0.2) is 28.9 Å². The van der Waals surface area contributed by atoms with E-state index in [1.165, 1.54) is 0 Å². The Labute approximate surface area is 165 Å². The van der Waals surface area contributed by atoms with Crippen LogP contribution in [0.5, 0.6) is 0 Å². The van der Waals surface area contributed by atoms with Crippen LogP contribution in [0.3, 0.4) is 0 Å². The number of aromatic nitrogens is 2. The van der Waals surface area contributed by atoms with Gasteiger partial charge in [-0.25, -0.2) is 0 Å². The lowest BCUT2D eigenvalue weighted by atomic mass is 10.2. The Morgan fingerprint density at radius 3 is 2.40 bits per heavy atom. The average Bonchev–Trinajstić information content (AvgIpc) is 2.99. The molecule has 1 aromatic carbocycles. The first-order chi connectivity index (χ1) is 12.0. The Morgan fingerprint density at radius 2 is 1.84 bits per heavy atom. The molecule has 0 N–H and O–H groups in total. The van der Waals surface area contributed by atoms with E-state index in [1.54, 1.807) is 4.68 Å². The normalized spacial score (nSPS) is 15.6. The Kier molecular flexibility index (Phi) is 6.04. The van der Waals surface area contributed by atoms with Gasteiger partial charge in [0.05, 0.1) is 4.47 Å². The topological polar surface area (TPSA) is 41.4 Å². The highest BCUT2D eigenvalue weighted by Crippen LogP contribution is 2.26. The van der Waals surface area contributed by atoms with Crippen LogP contribution in [0.25, 0.3) is 0 Å². The fraction of sp³-hybridized carbons (Fsp3) is 0.412. The highest BCUT2D eigenvalue weighted by atomic mass is 79.9. The zero-order valence-corrected chi connectivity index (χ0v) is 17.0. The number of nitrogens with zero attached hydrogens (tertiary/aromatic N) is 4. The Hall–Kier alpha value is -1.08. The smallest absolute Gasteiger partial charge is 0.275 e. The van der Waals surface area contributed by atoms with E-state index in [9.17, 15) is 4.79 Å². The fourth-order valence-corrected chi connectivity index (χ4v) is 3.87. The monoisotopic (exact) mass is 444 g/mol. The minimum atomic E-state index is -0.0329. The molecule has 1 aliphatic heterocycles. The average molecular weight is 446 g/mol. The number of rotatable bonds is 4. The summed E-state index contributed by atoms with van der Waals surface area (Å²) < 4.78 is 2.50. The van der Waals surface area contributed by atoms with E-state index in [1.807, 2.05) is 36.2 Å². The third-order valence-electron chi connectivity index (χ3n) is 4.35. The van der Waals surface area contributed by atoms with Gasteiger partial charge < -0.3 is 4.90 Å². The van der Waals surface area contributed by atoms with Crippen molar-refractivity contribution in [3.8, 4) is 0 Å². The van der Waals surface area contributed by atoms with Gasteiger partial charge in [0.25, 0.3) is 5.91 Å². The molecule has 3 rings (SSSR count). The zero-order valence-electron chi connectivity index (χ0n) is 13.9. The molecule has 1 saturated heterocycles. The Balaban J connectivity index is 1.61. The summed E-state index contributed by atoms with van der Waals surface area (Å²) >= 11 is 15.9. The Bertz CT molecular complexity index is 752. The number of carbonyl (C=O) groups excluding carboxylic acids is 1. The van der Waals surface area contributed by atoms with Crippen LogP contribution in [0, 0.1) is 0 Å². The predicted octanol–water partition coefficient (Wildman–Crippen LogP) is 3.93. The standard InChI is InChI=1S/C17H19BrCl2N4O/c1-2-24-11-13(18)16(21-24)17(25)23-8-6-22(7-9-23)10-12-14(19)4-3-5-15(12)20/h3-5,11H,2,6-10H2,1H3. The molecular weight excluding hydrogens is 427 g/mol. The molecule has 8 heteroatoms. The molecule has 1 aliphatic rings. The van der Waals surface area contributed by atoms with Crippen LogP contribution >= 0.6 is 39.1 Å². The molecule has 2 heterocycles. The van der Waals surface area contributed by atoms with E-state index in [0.29, 0.717) is 35.4 Å². The van der Waals surface area contributed by atoms with Crippen LogP contribution in [0.2, 0.25) is 10.0 Å². The van der Waals surface area contributed by atoms with Gasteiger partial charge in [0.2, 0.25) is 0 Å².